The van der Waals surface area contributed by atoms with Crippen LogP contribution in [0.3, 0.4) is 0 Å². The maximum Gasteiger partial charge on any atom is 0.277 e. The van der Waals surface area contributed by atoms with E-state index in [0.717, 1.165) is 28.8 Å². The van der Waals surface area contributed by atoms with Crippen molar-refractivity contribution in [3.8, 4) is 22.9 Å². The summed E-state index contributed by atoms with van der Waals surface area (Å²) < 4.78 is 81.3. The van der Waals surface area contributed by atoms with Gasteiger partial charge in [0.2, 0.25) is 0 Å². The van der Waals surface area contributed by atoms with Gasteiger partial charge in [-0.15, -0.1) is 0 Å². The third kappa shape index (κ3) is 9.99. The third-order valence-corrected chi connectivity index (χ3v) is 9.76. The zero-order valence-corrected chi connectivity index (χ0v) is 34.1. The van der Waals surface area contributed by atoms with Gasteiger partial charge in [0.25, 0.3) is 22.9 Å². The second-order valence-corrected chi connectivity index (χ2v) is 13.9. The summed E-state index contributed by atoms with van der Waals surface area (Å²) in [6.45, 7) is 2.61. The fourth-order valence-electron chi connectivity index (χ4n) is 5.70. The number of pyridine rings is 2. The summed E-state index contributed by atoms with van der Waals surface area (Å²) in [5.74, 6) is -4.53. The van der Waals surface area contributed by atoms with Gasteiger partial charge in [0.05, 0.1) is 16.4 Å². The standard InChI is InChI=1S/C21H16Cl2F2N2O3.C21H16ClF3N2O3/c1-11-7-18(30-10-13-3-5-14(24)9-16(13)25)19(23)21(29)27(11)17-8-12(20(28)26-2)4-6-15(17)22;1-11-7-18(30-10-13-3-5-14(23)9-16(13)25)19(22)21(29)27(11)17-8-12(20(28)26-2)4-6-15(17)24/h2*3-9H,10H2,1-2H3,(H,26,28). The zero-order chi connectivity index (χ0) is 44.0. The first-order chi connectivity index (χ1) is 28.4. The Labute approximate surface area is 353 Å². The molecular formula is C42H32Cl3F5N4O6. The minimum Gasteiger partial charge on any atom is -0.487 e. The van der Waals surface area contributed by atoms with Crippen molar-refractivity contribution in [2.24, 2.45) is 0 Å². The lowest BCUT2D eigenvalue weighted by molar-refractivity contribution is 0.0955. The predicted molar refractivity (Wildman–Crippen MR) is 217 cm³/mol. The number of aromatic nitrogens is 2. The maximum atomic E-state index is 14.4. The summed E-state index contributed by atoms with van der Waals surface area (Å²) in [6.07, 6.45) is 0. The van der Waals surface area contributed by atoms with Crippen LogP contribution in [0.25, 0.3) is 11.4 Å². The molecule has 2 aromatic heterocycles. The summed E-state index contributed by atoms with van der Waals surface area (Å²) in [7, 11) is 2.91. The van der Waals surface area contributed by atoms with E-state index in [0.29, 0.717) is 17.3 Å². The van der Waals surface area contributed by atoms with E-state index in [1.54, 1.807) is 6.92 Å². The number of halogens is 8. The molecule has 0 aliphatic rings. The van der Waals surface area contributed by atoms with Gasteiger partial charge in [-0.25, -0.2) is 22.0 Å². The second kappa shape index (κ2) is 19.3. The van der Waals surface area contributed by atoms with Gasteiger partial charge < -0.3 is 20.1 Å². The van der Waals surface area contributed by atoms with Crippen molar-refractivity contribution in [1.29, 1.82) is 0 Å². The Hall–Kier alpha value is -6.16. The number of rotatable bonds is 10. The van der Waals surface area contributed by atoms with Crippen molar-refractivity contribution in [3.05, 3.63) is 183 Å². The van der Waals surface area contributed by atoms with Crippen molar-refractivity contribution in [3.63, 3.8) is 0 Å². The van der Waals surface area contributed by atoms with Crippen LogP contribution in [-0.4, -0.2) is 35.0 Å². The quantitative estimate of drug-likeness (QED) is 0.133. The monoisotopic (exact) mass is 888 g/mol. The van der Waals surface area contributed by atoms with E-state index in [1.807, 2.05) is 0 Å². The van der Waals surface area contributed by atoms with Crippen LogP contribution in [0, 0.1) is 42.9 Å². The van der Waals surface area contributed by atoms with Crippen molar-refractivity contribution < 1.29 is 41.0 Å². The molecule has 0 atom stereocenters. The SMILES string of the molecule is CNC(=O)c1ccc(Cl)c(-n2c(C)cc(OCc3ccc(F)cc3F)c(Cl)c2=O)c1.CNC(=O)c1ccc(F)c(-n2c(C)cc(OCc3ccc(F)cc3F)c(Cl)c2=O)c1. The van der Waals surface area contributed by atoms with Crippen LogP contribution in [0.5, 0.6) is 11.5 Å². The number of nitrogens with one attached hydrogen (secondary N) is 2. The average molecular weight is 890 g/mol. The van der Waals surface area contributed by atoms with Crippen LogP contribution in [0.1, 0.15) is 43.2 Å². The normalized spacial score (nSPS) is 10.7. The summed E-state index contributed by atoms with van der Waals surface area (Å²) in [5.41, 5.74) is 0.0577. The van der Waals surface area contributed by atoms with E-state index < -0.39 is 46.1 Å². The van der Waals surface area contributed by atoms with Crippen LogP contribution in [0.4, 0.5) is 22.0 Å². The molecule has 0 aliphatic carbocycles. The number of hydrogen-bond donors (Lipinski definition) is 2. The lowest BCUT2D eigenvalue weighted by Gasteiger charge is -2.16. The Kier molecular flexibility index (Phi) is 14.4. The van der Waals surface area contributed by atoms with Gasteiger partial charge in [0.15, 0.2) is 0 Å². The highest BCUT2D eigenvalue weighted by Gasteiger charge is 2.20. The minimum atomic E-state index is -0.802. The van der Waals surface area contributed by atoms with Gasteiger partial charge >= 0.3 is 0 Å². The molecule has 0 fully saturated rings. The first-order valence-electron chi connectivity index (χ1n) is 17.5. The molecule has 0 spiro atoms. The van der Waals surface area contributed by atoms with Gasteiger partial charge in [-0.05, 0) is 74.5 Å². The van der Waals surface area contributed by atoms with Crippen molar-refractivity contribution in [2.45, 2.75) is 27.1 Å². The Morgan fingerprint density at radius 1 is 0.567 bits per heavy atom. The third-order valence-electron chi connectivity index (χ3n) is 8.75. The smallest absolute Gasteiger partial charge is 0.277 e. The van der Waals surface area contributed by atoms with E-state index >= 15 is 0 Å². The Morgan fingerprint density at radius 2 is 0.983 bits per heavy atom. The number of carbonyl (C=O) groups is 2. The van der Waals surface area contributed by atoms with E-state index in [4.69, 9.17) is 44.3 Å². The fourth-order valence-corrected chi connectivity index (χ4v) is 6.29. The van der Waals surface area contributed by atoms with Crippen LogP contribution >= 0.6 is 34.8 Å². The Balaban J connectivity index is 0.000000228. The van der Waals surface area contributed by atoms with Gasteiger partial charge in [-0.3, -0.25) is 28.3 Å². The lowest BCUT2D eigenvalue weighted by Crippen LogP contribution is -2.24. The van der Waals surface area contributed by atoms with Gasteiger partial charge in [-0.1, -0.05) is 34.8 Å². The number of nitrogens with zero attached hydrogens (tertiary/aromatic N) is 2. The first kappa shape index (κ1) is 44.9. The summed E-state index contributed by atoms with van der Waals surface area (Å²) in [5, 5.41) is 4.56. The van der Waals surface area contributed by atoms with Gasteiger partial charge in [-0.2, -0.15) is 0 Å². The molecule has 0 saturated heterocycles. The molecule has 0 aliphatic heterocycles. The summed E-state index contributed by atoms with van der Waals surface area (Å²) in [4.78, 5) is 49.5. The Bertz CT molecular complexity index is 2580. The number of benzene rings is 4. The number of hydrogen-bond acceptors (Lipinski definition) is 6. The highest BCUT2D eigenvalue weighted by Crippen LogP contribution is 2.29. The van der Waals surface area contributed by atoms with Crippen molar-refractivity contribution in [2.75, 3.05) is 14.1 Å². The van der Waals surface area contributed by atoms with E-state index in [-0.39, 0.29) is 79.4 Å². The van der Waals surface area contributed by atoms with Crippen LogP contribution in [0.2, 0.25) is 15.1 Å². The molecule has 2 amide bonds. The van der Waals surface area contributed by atoms with Crippen LogP contribution in [0.15, 0.2) is 94.5 Å². The molecule has 0 saturated carbocycles. The van der Waals surface area contributed by atoms with E-state index in [1.165, 1.54) is 80.2 Å². The molecular weight excluding hydrogens is 858 g/mol. The van der Waals surface area contributed by atoms with Gasteiger partial charge in [0.1, 0.15) is 63.8 Å². The topological polar surface area (TPSA) is 121 Å². The molecule has 60 heavy (non-hydrogen) atoms. The highest BCUT2D eigenvalue weighted by atomic mass is 35.5. The average Bonchev–Trinajstić information content (AvgIpc) is 3.21. The summed E-state index contributed by atoms with van der Waals surface area (Å²) >= 11 is 18.6. The molecule has 4 aromatic carbocycles. The molecule has 0 unspecified atom stereocenters. The number of aryl methyl sites for hydroxylation is 2. The summed E-state index contributed by atoms with van der Waals surface area (Å²) in [6, 6.07) is 17.1. The highest BCUT2D eigenvalue weighted by molar-refractivity contribution is 6.33. The van der Waals surface area contributed by atoms with Crippen LogP contribution in [-0.2, 0) is 13.2 Å². The fraction of sp³-hybridized carbons (Fsp3) is 0.143. The van der Waals surface area contributed by atoms with E-state index in [2.05, 4.69) is 10.6 Å². The maximum absolute atomic E-state index is 14.4. The van der Waals surface area contributed by atoms with Crippen molar-refractivity contribution in [1.82, 2.24) is 19.8 Å². The second-order valence-electron chi connectivity index (χ2n) is 12.7. The first-order valence-corrected chi connectivity index (χ1v) is 18.6. The number of ether oxygens (including phenoxy) is 2. The van der Waals surface area contributed by atoms with Crippen molar-refractivity contribution >= 4 is 46.6 Å². The Morgan fingerprint density at radius 3 is 1.42 bits per heavy atom. The molecule has 10 nitrogen and oxygen atoms in total. The molecule has 6 rings (SSSR count). The number of carbonyl (C=O) groups excluding carboxylic acids is 2. The molecule has 6 aromatic rings. The molecule has 312 valence electrons. The molecule has 0 radical (unpaired) electrons. The number of amides is 2. The molecule has 18 heteroatoms. The zero-order valence-electron chi connectivity index (χ0n) is 31.9. The minimum absolute atomic E-state index is 0.0396. The largest absolute Gasteiger partial charge is 0.487 e. The molecule has 2 N–H and O–H groups in total. The molecule has 2 heterocycles. The van der Waals surface area contributed by atoms with E-state index in [9.17, 15) is 41.1 Å². The van der Waals surface area contributed by atoms with Gasteiger partial charge in [0, 0.05) is 72.0 Å². The lowest BCUT2D eigenvalue weighted by atomic mass is 10.1. The predicted octanol–water partition coefficient (Wildman–Crippen LogP) is 8.82. The molecule has 0 bridgehead atoms. The van der Waals surface area contributed by atoms with Crippen LogP contribution < -0.4 is 31.2 Å².